The summed E-state index contributed by atoms with van der Waals surface area (Å²) in [7, 11) is 0. The Morgan fingerprint density at radius 2 is 1.84 bits per heavy atom. The number of aliphatic hydroxyl groups is 1. The number of carbonyl (C=O) groups excluding carboxylic acids is 2. The third kappa shape index (κ3) is 3.75. The number of benzene rings is 2. The number of aromatic nitrogens is 1. The average Bonchev–Trinajstić information content (AvgIpc) is 3.29. The molecule has 32 heavy (non-hydrogen) atoms. The van der Waals surface area contributed by atoms with E-state index >= 15 is 0 Å². The van der Waals surface area contributed by atoms with Crippen molar-refractivity contribution >= 4 is 23.3 Å². The first-order chi connectivity index (χ1) is 15.3. The van der Waals surface area contributed by atoms with Crippen molar-refractivity contribution in [3.05, 3.63) is 82.9 Å². The van der Waals surface area contributed by atoms with E-state index in [-0.39, 0.29) is 28.6 Å². The molecule has 8 heteroatoms. The number of rotatable bonds is 5. The van der Waals surface area contributed by atoms with E-state index in [0.717, 1.165) is 4.90 Å². The number of ketones is 1. The van der Waals surface area contributed by atoms with Gasteiger partial charge in [0, 0.05) is 17.2 Å². The molecule has 164 valence electrons. The highest BCUT2D eigenvalue weighted by atomic mass is 19.1. The highest BCUT2D eigenvalue weighted by Crippen LogP contribution is 2.42. The molecule has 2 aromatic carbocycles. The van der Waals surface area contributed by atoms with Crippen LogP contribution in [0.4, 0.5) is 10.2 Å². The van der Waals surface area contributed by atoms with Gasteiger partial charge in [-0.3, -0.25) is 14.5 Å². The number of anilines is 1. The number of ether oxygens (including phenoxy) is 1. The molecule has 0 spiro atoms. The van der Waals surface area contributed by atoms with Gasteiger partial charge in [0.2, 0.25) is 0 Å². The molecular formula is C24H21FN2O5. The minimum atomic E-state index is -1.22. The Labute approximate surface area is 183 Å². The molecule has 0 saturated carbocycles. The molecule has 0 unspecified atom stereocenters. The Hall–Kier alpha value is -3.94. The van der Waals surface area contributed by atoms with Crippen molar-refractivity contribution < 1.29 is 28.3 Å². The lowest BCUT2D eigenvalue weighted by atomic mass is 9.95. The van der Waals surface area contributed by atoms with Gasteiger partial charge in [-0.1, -0.05) is 23.4 Å². The highest BCUT2D eigenvalue weighted by molar-refractivity contribution is 6.51. The van der Waals surface area contributed by atoms with Gasteiger partial charge in [-0.2, -0.15) is 0 Å². The van der Waals surface area contributed by atoms with Crippen molar-refractivity contribution in [2.24, 2.45) is 0 Å². The van der Waals surface area contributed by atoms with Crippen LogP contribution in [0.5, 0.6) is 5.75 Å². The Morgan fingerprint density at radius 1 is 1.16 bits per heavy atom. The van der Waals surface area contributed by atoms with E-state index in [4.69, 9.17) is 9.26 Å². The minimum Gasteiger partial charge on any atom is -0.507 e. The van der Waals surface area contributed by atoms with Gasteiger partial charge in [-0.25, -0.2) is 4.39 Å². The third-order valence-corrected chi connectivity index (χ3v) is 5.01. The molecule has 3 aromatic rings. The van der Waals surface area contributed by atoms with Gasteiger partial charge in [-0.05, 0) is 51.1 Å². The molecule has 4 rings (SSSR count). The van der Waals surface area contributed by atoms with E-state index in [2.05, 4.69) is 5.16 Å². The summed E-state index contributed by atoms with van der Waals surface area (Å²) in [5.41, 5.74) is 0.101. The summed E-state index contributed by atoms with van der Waals surface area (Å²) in [5, 5.41) is 14.9. The zero-order valence-electron chi connectivity index (χ0n) is 17.7. The topological polar surface area (TPSA) is 92.9 Å². The van der Waals surface area contributed by atoms with Crippen LogP contribution in [0.15, 0.2) is 64.7 Å². The maximum Gasteiger partial charge on any atom is 0.301 e. The average molecular weight is 436 g/mol. The lowest BCUT2D eigenvalue weighted by Gasteiger charge is -2.23. The van der Waals surface area contributed by atoms with E-state index in [0.29, 0.717) is 11.5 Å². The number of aliphatic hydroxyl groups excluding tert-OH is 1. The number of amides is 1. The van der Waals surface area contributed by atoms with Crippen molar-refractivity contribution in [1.29, 1.82) is 0 Å². The van der Waals surface area contributed by atoms with E-state index in [1.54, 1.807) is 37.3 Å². The fourth-order valence-electron chi connectivity index (χ4n) is 3.65. The van der Waals surface area contributed by atoms with E-state index < -0.39 is 29.3 Å². The van der Waals surface area contributed by atoms with Crippen LogP contribution in [0.1, 0.15) is 36.8 Å². The number of carbonyl (C=O) groups is 2. The first-order valence-corrected chi connectivity index (χ1v) is 10.0. The van der Waals surface area contributed by atoms with Crippen LogP contribution in [-0.2, 0) is 9.59 Å². The molecule has 1 fully saturated rings. The molecule has 1 aromatic heterocycles. The monoisotopic (exact) mass is 436 g/mol. The summed E-state index contributed by atoms with van der Waals surface area (Å²) in [6.07, 6.45) is -0.0354. The molecule has 0 bridgehead atoms. The van der Waals surface area contributed by atoms with Gasteiger partial charge in [0.1, 0.15) is 23.1 Å². The number of halogens is 1. The van der Waals surface area contributed by atoms with Crippen molar-refractivity contribution in [2.75, 3.05) is 4.90 Å². The number of Topliss-reactive ketones (excluding diaryl/α,β-unsaturated/α-hetero) is 1. The predicted octanol–water partition coefficient (Wildman–Crippen LogP) is 4.54. The fraction of sp³-hybridized carbons (Fsp3) is 0.208. The molecule has 1 aliphatic heterocycles. The maximum absolute atomic E-state index is 14.8. The zero-order chi connectivity index (χ0) is 23.0. The van der Waals surface area contributed by atoms with Crippen LogP contribution in [0.2, 0.25) is 0 Å². The molecule has 1 aliphatic rings. The number of hydrogen-bond acceptors (Lipinski definition) is 6. The predicted molar refractivity (Wildman–Crippen MR) is 115 cm³/mol. The Bertz CT molecular complexity index is 1210. The van der Waals surface area contributed by atoms with Crippen molar-refractivity contribution in [3.8, 4) is 5.75 Å². The summed E-state index contributed by atoms with van der Waals surface area (Å²) in [6, 6.07) is 12.4. The Kier molecular flexibility index (Phi) is 5.52. The maximum atomic E-state index is 14.8. The summed E-state index contributed by atoms with van der Waals surface area (Å²) in [4.78, 5) is 27.0. The first-order valence-electron chi connectivity index (χ1n) is 10.0. The molecule has 7 nitrogen and oxygen atoms in total. The Balaban J connectivity index is 1.87. The smallest absolute Gasteiger partial charge is 0.301 e. The second-order valence-corrected chi connectivity index (χ2v) is 7.68. The number of nitrogens with zero attached hydrogens (tertiary/aromatic N) is 2. The SMILES string of the molecule is Cc1cc(N2C(=O)C(=O)/C(=C(/O)c3ccc(OC(C)C)cc3)[C@H]2c2ccccc2F)no1. The third-order valence-electron chi connectivity index (χ3n) is 5.01. The molecule has 1 amide bonds. The molecule has 0 radical (unpaired) electrons. The summed E-state index contributed by atoms with van der Waals surface area (Å²) in [5.74, 6) is -1.88. The van der Waals surface area contributed by atoms with Crippen molar-refractivity contribution in [2.45, 2.75) is 32.9 Å². The second kappa shape index (κ2) is 8.30. The summed E-state index contributed by atoms with van der Waals surface area (Å²) >= 11 is 0. The van der Waals surface area contributed by atoms with E-state index in [9.17, 15) is 19.1 Å². The largest absolute Gasteiger partial charge is 0.507 e. The van der Waals surface area contributed by atoms with Gasteiger partial charge in [0.05, 0.1) is 17.7 Å². The summed E-state index contributed by atoms with van der Waals surface area (Å²) < 4.78 is 25.4. The molecule has 1 saturated heterocycles. The lowest BCUT2D eigenvalue weighted by Crippen LogP contribution is -2.30. The standard InChI is InChI=1S/C24H21FN2O5/c1-13(2)31-16-10-8-15(9-11-16)22(28)20-21(17-6-4-5-7-18(17)25)27(24(30)23(20)29)19-12-14(3)32-26-19/h4-13,21,28H,1-3H3/b22-20+/t21-/m1/s1. The molecule has 1 N–H and O–H groups in total. The number of hydrogen-bond donors (Lipinski definition) is 1. The fourth-order valence-corrected chi connectivity index (χ4v) is 3.65. The van der Waals surface area contributed by atoms with Gasteiger partial charge >= 0.3 is 5.91 Å². The van der Waals surface area contributed by atoms with Crippen molar-refractivity contribution in [3.63, 3.8) is 0 Å². The number of aryl methyl sites for hydroxylation is 1. The molecule has 1 atom stereocenters. The van der Waals surface area contributed by atoms with E-state index in [1.807, 2.05) is 13.8 Å². The lowest BCUT2D eigenvalue weighted by molar-refractivity contribution is -0.132. The van der Waals surface area contributed by atoms with Gasteiger partial charge in [-0.15, -0.1) is 0 Å². The highest BCUT2D eigenvalue weighted by Gasteiger charge is 2.48. The molecular weight excluding hydrogens is 415 g/mol. The quantitative estimate of drug-likeness (QED) is 0.359. The zero-order valence-corrected chi connectivity index (χ0v) is 17.7. The van der Waals surface area contributed by atoms with Gasteiger partial charge in [0.15, 0.2) is 5.82 Å². The normalized spacial score (nSPS) is 17.9. The van der Waals surface area contributed by atoms with Crippen LogP contribution in [0.3, 0.4) is 0 Å². The molecule has 0 aliphatic carbocycles. The second-order valence-electron chi connectivity index (χ2n) is 7.68. The van der Waals surface area contributed by atoms with Gasteiger partial charge in [0.25, 0.3) is 5.78 Å². The van der Waals surface area contributed by atoms with Gasteiger partial charge < -0.3 is 14.4 Å². The summed E-state index contributed by atoms with van der Waals surface area (Å²) in [6.45, 7) is 5.40. The Morgan fingerprint density at radius 3 is 2.44 bits per heavy atom. The van der Waals surface area contributed by atoms with Crippen LogP contribution < -0.4 is 9.64 Å². The first kappa shape index (κ1) is 21.3. The van der Waals surface area contributed by atoms with Crippen LogP contribution >= 0.6 is 0 Å². The van der Waals surface area contributed by atoms with Crippen LogP contribution in [-0.4, -0.2) is 28.1 Å². The van der Waals surface area contributed by atoms with Crippen molar-refractivity contribution in [1.82, 2.24) is 5.16 Å². The molecule has 2 heterocycles. The van der Waals surface area contributed by atoms with E-state index in [1.165, 1.54) is 24.3 Å². The minimum absolute atomic E-state index is 0.0354. The van der Waals surface area contributed by atoms with Crippen LogP contribution in [0.25, 0.3) is 5.76 Å². The van der Waals surface area contributed by atoms with Crippen LogP contribution in [0, 0.1) is 12.7 Å².